The lowest BCUT2D eigenvalue weighted by Crippen LogP contribution is -1.99. The first kappa shape index (κ1) is 13.1. The fraction of sp³-hybridized carbons (Fsp3) is 0.118. The number of rotatable bonds is 4. The summed E-state index contributed by atoms with van der Waals surface area (Å²) in [5, 5.41) is 10.1. The van der Waals surface area contributed by atoms with E-state index in [-0.39, 0.29) is 0 Å². The van der Waals surface area contributed by atoms with Crippen molar-refractivity contribution in [2.75, 3.05) is 7.11 Å². The Kier molecular flexibility index (Phi) is 3.48. The Bertz CT molecular complexity index is 815. The fourth-order valence-corrected chi connectivity index (χ4v) is 2.24. The van der Waals surface area contributed by atoms with Gasteiger partial charge in [0.15, 0.2) is 0 Å². The van der Waals surface area contributed by atoms with Crippen molar-refractivity contribution in [3.8, 4) is 17.6 Å². The van der Waals surface area contributed by atoms with Crippen molar-refractivity contribution in [3.63, 3.8) is 0 Å². The van der Waals surface area contributed by atoms with E-state index >= 15 is 0 Å². The minimum absolute atomic E-state index is 0.356. The van der Waals surface area contributed by atoms with E-state index in [9.17, 15) is 0 Å². The molecule has 1 aromatic heterocycles. The third-order valence-corrected chi connectivity index (χ3v) is 3.33. The molecule has 0 unspecified atom stereocenters. The van der Waals surface area contributed by atoms with E-state index < -0.39 is 0 Å². The number of ether oxygens (including phenoxy) is 2. The summed E-state index contributed by atoms with van der Waals surface area (Å²) in [5.41, 5.74) is 2.52. The second kappa shape index (κ2) is 5.59. The van der Waals surface area contributed by atoms with Gasteiger partial charge in [-0.15, -0.1) is 0 Å². The number of hydrogen-bond donors (Lipinski definition) is 1. The minimum atomic E-state index is 0.356. The van der Waals surface area contributed by atoms with E-state index in [4.69, 9.17) is 14.7 Å². The summed E-state index contributed by atoms with van der Waals surface area (Å²) in [4.78, 5) is 3.14. The van der Waals surface area contributed by atoms with E-state index in [0.717, 1.165) is 28.0 Å². The first-order valence-electron chi connectivity index (χ1n) is 6.57. The summed E-state index contributed by atoms with van der Waals surface area (Å²) in [5.74, 6) is 1.50. The second-order valence-electron chi connectivity index (χ2n) is 4.65. The van der Waals surface area contributed by atoms with Crippen LogP contribution in [0.25, 0.3) is 10.9 Å². The summed E-state index contributed by atoms with van der Waals surface area (Å²) in [7, 11) is 1.61. The highest BCUT2D eigenvalue weighted by Crippen LogP contribution is 2.24. The Morgan fingerprint density at radius 1 is 1.14 bits per heavy atom. The van der Waals surface area contributed by atoms with Crippen LogP contribution in [0.15, 0.2) is 48.7 Å². The number of aromatic nitrogens is 1. The molecule has 0 atom stereocenters. The van der Waals surface area contributed by atoms with Gasteiger partial charge in [0.25, 0.3) is 0 Å². The van der Waals surface area contributed by atoms with Gasteiger partial charge in [-0.25, -0.2) is 0 Å². The third-order valence-electron chi connectivity index (χ3n) is 3.33. The summed E-state index contributed by atoms with van der Waals surface area (Å²) in [6.07, 6.45) is 1.90. The van der Waals surface area contributed by atoms with Crippen molar-refractivity contribution in [1.29, 1.82) is 5.26 Å². The molecule has 0 fully saturated rings. The molecule has 4 nitrogen and oxygen atoms in total. The Morgan fingerprint density at radius 3 is 2.86 bits per heavy atom. The molecule has 3 rings (SSSR count). The Morgan fingerprint density at radius 2 is 2.05 bits per heavy atom. The van der Waals surface area contributed by atoms with Crippen LogP contribution in [0.5, 0.6) is 11.5 Å². The van der Waals surface area contributed by atoms with Crippen molar-refractivity contribution in [1.82, 2.24) is 4.98 Å². The maximum Gasteiger partial charge on any atom is 0.125 e. The molecule has 0 aliphatic heterocycles. The van der Waals surface area contributed by atoms with E-state index in [1.54, 1.807) is 25.3 Å². The van der Waals surface area contributed by atoms with Gasteiger partial charge in [0.05, 0.1) is 18.7 Å². The summed E-state index contributed by atoms with van der Waals surface area (Å²) < 4.78 is 11.1. The quantitative estimate of drug-likeness (QED) is 0.792. The Balaban J connectivity index is 1.82. The number of nitrogens with one attached hydrogen (secondary N) is 1. The van der Waals surface area contributed by atoms with Crippen LogP contribution in [0.2, 0.25) is 0 Å². The van der Waals surface area contributed by atoms with Gasteiger partial charge in [0.2, 0.25) is 0 Å². The van der Waals surface area contributed by atoms with Gasteiger partial charge in [0.1, 0.15) is 18.1 Å². The molecule has 0 saturated carbocycles. The highest BCUT2D eigenvalue weighted by Gasteiger charge is 2.06. The Hall–Kier alpha value is -2.93. The Labute approximate surface area is 122 Å². The van der Waals surface area contributed by atoms with Crippen LogP contribution in [-0.2, 0) is 6.61 Å². The van der Waals surface area contributed by atoms with Gasteiger partial charge in [0, 0.05) is 22.7 Å². The summed E-state index contributed by atoms with van der Waals surface area (Å²) in [6, 6.07) is 15.3. The lowest BCUT2D eigenvalue weighted by molar-refractivity contribution is 0.297. The SMILES string of the molecule is COc1ccc(C#N)cc1COc1ccc2[nH]ccc2c1. The van der Waals surface area contributed by atoms with Crippen LogP contribution in [0.1, 0.15) is 11.1 Å². The number of fused-ring (bicyclic) bond motifs is 1. The normalized spacial score (nSPS) is 10.3. The maximum absolute atomic E-state index is 8.97. The van der Waals surface area contributed by atoms with Crippen LogP contribution >= 0.6 is 0 Å². The predicted molar refractivity (Wildman–Crippen MR) is 80.3 cm³/mol. The number of hydrogen-bond acceptors (Lipinski definition) is 3. The van der Waals surface area contributed by atoms with E-state index in [1.165, 1.54) is 0 Å². The molecule has 0 amide bonds. The molecule has 0 aliphatic rings. The minimum Gasteiger partial charge on any atom is -0.496 e. The van der Waals surface area contributed by atoms with Gasteiger partial charge in [-0.2, -0.15) is 5.26 Å². The molecule has 1 N–H and O–H groups in total. The van der Waals surface area contributed by atoms with Gasteiger partial charge >= 0.3 is 0 Å². The van der Waals surface area contributed by atoms with Crippen LogP contribution < -0.4 is 9.47 Å². The van der Waals surface area contributed by atoms with Gasteiger partial charge in [-0.1, -0.05) is 0 Å². The number of nitriles is 1. The summed E-state index contributed by atoms with van der Waals surface area (Å²) >= 11 is 0. The lowest BCUT2D eigenvalue weighted by atomic mass is 10.1. The zero-order valence-corrected chi connectivity index (χ0v) is 11.6. The highest BCUT2D eigenvalue weighted by molar-refractivity contribution is 5.80. The molecule has 0 radical (unpaired) electrons. The topological polar surface area (TPSA) is 58.0 Å². The zero-order chi connectivity index (χ0) is 14.7. The first-order chi connectivity index (χ1) is 10.3. The molecule has 2 aromatic carbocycles. The smallest absolute Gasteiger partial charge is 0.125 e. The molecular formula is C17H14N2O2. The summed E-state index contributed by atoms with van der Waals surface area (Å²) in [6.45, 7) is 0.356. The van der Waals surface area contributed by atoms with Crippen LogP contribution in [-0.4, -0.2) is 12.1 Å². The number of methoxy groups -OCH3 is 1. The number of aromatic amines is 1. The van der Waals surface area contributed by atoms with Crippen molar-refractivity contribution < 1.29 is 9.47 Å². The largest absolute Gasteiger partial charge is 0.496 e. The van der Waals surface area contributed by atoms with Crippen molar-refractivity contribution in [2.45, 2.75) is 6.61 Å². The zero-order valence-electron chi connectivity index (χ0n) is 11.6. The van der Waals surface area contributed by atoms with Crippen molar-refractivity contribution >= 4 is 10.9 Å². The first-order valence-corrected chi connectivity index (χ1v) is 6.57. The van der Waals surface area contributed by atoms with Crippen LogP contribution in [0.3, 0.4) is 0 Å². The lowest BCUT2D eigenvalue weighted by Gasteiger charge is -2.10. The van der Waals surface area contributed by atoms with Crippen molar-refractivity contribution in [3.05, 3.63) is 59.8 Å². The van der Waals surface area contributed by atoms with E-state index in [2.05, 4.69) is 11.1 Å². The average molecular weight is 278 g/mol. The van der Waals surface area contributed by atoms with E-state index in [1.807, 2.05) is 30.5 Å². The molecule has 0 bridgehead atoms. The van der Waals surface area contributed by atoms with E-state index in [0.29, 0.717) is 12.2 Å². The van der Waals surface area contributed by atoms with Crippen molar-refractivity contribution in [2.24, 2.45) is 0 Å². The number of nitrogens with zero attached hydrogens (tertiary/aromatic N) is 1. The predicted octanol–water partition coefficient (Wildman–Crippen LogP) is 3.63. The molecule has 0 saturated heterocycles. The maximum atomic E-state index is 8.97. The molecule has 104 valence electrons. The highest BCUT2D eigenvalue weighted by atomic mass is 16.5. The second-order valence-corrected chi connectivity index (χ2v) is 4.65. The standard InChI is InChI=1S/C17H14N2O2/c1-20-17-5-2-12(10-18)8-14(17)11-21-15-3-4-16-13(9-15)6-7-19-16/h2-9,19H,11H2,1H3. The molecule has 4 heteroatoms. The van der Waals surface area contributed by atoms with Gasteiger partial charge in [-0.3, -0.25) is 0 Å². The molecule has 1 heterocycles. The van der Waals surface area contributed by atoms with Gasteiger partial charge < -0.3 is 14.5 Å². The third kappa shape index (κ3) is 2.67. The van der Waals surface area contributed by atoms with Crippen LogP contribution in [0.4, 0.5) is 0 Å². The fourth-order valence-electron chi connectivity index (χ4n) is 2.24. The monoisotopic (exact) mass is 278 g/mol. The molecule has 21 heavy (non-hydrogen) atoms. The molecule has 0 aliphatic carbocycles. The average Bonchev–Trinajstić information content (AvgIpc) is 3.00. The number of benzene rings is 2. The van der Waals surface area contributed by atoms with Gasteiger partial charge in [-0.05, 0) is 42.5 Å². The van der Waals surface area contributed by atoms with Crippen LogP contribution in [0, 0.1) is 11.3 Å². The molecule has 3 aromatic rings. The molecule has 0 spiro atoms. The number of H-pyrrole nitrogens is 1. The molecular weight excluding hydrogens is 264 g/mol.